The summed E-state index contributed by atoms with van der Waals surface area (Å²) in [5.41, 5.74) is 4.28. The molecule has 0 aliphatic carbocycles. The zero-order valence-electron chi connectivity index (χ0n) is 18.7. The third kappa shape index (κ3) is 5.43. The number of nitrogens with one attached hydrogen (secondary N) is 1. The Labute approximate surface area is 183 Å². The second kappa shape index (κ2) is 9.21. The second-order valence-corrected chi connectivity index (χ2v) is 8.67. The van der Waals surface area contributed by atoms with Crippen LogP contribution in [-0.4, -0.2) is 19.0 Å². The Kier molecular flexibility index (Phi) is 6.64. The van der Waals surface area contributed by atoms with Crippen LogP contribution in [0.2, 0.25) is 0 Å². The lowest BCUT2D eigenvalue weighted by atomic mass is 9.85. The minimum atomic E-state index is -0.905. The van der Waals surface area contributed by atoms with E-state index >= 15 is 0 Å². The van der Waals surface area contributed by atoms with Crippen molar-refractivity contribution in [1.82, 2.24) is 5.32 Å². The van der Waals surface area contributed by atoms with Crippen molar-refractivity contribution in [2.24, 2.45) is 0 Å². The molecule has 5 heteroatoms. The number of esters is 1. The molecule has 0 saturated heterocycles. The molecule has 0 radical (unpaired) electrons. The Balaban J connectivity index is 1.77. The van der Waals surface area contributed by atoms with Gasteiger partial charge >= 0.3 is 5.97 Å². The summed E-state index contributed by atoms with van der Waals surface area (Å²) in [6.45, 7) is 8.61. The number of hydrogen-bond donors (Lipinski definition) is 1. The third-order valence-electron chi connectivity index (χ3n) is 5.31. The van der Waals surface area contributed by atoms with Crippen molar-refractivity contribution >= 4 is 11.9 Å². The Morgan fingerprint density at radius 1 is 1.03 bits per heavy atom. The molecule has 0 saturated carbocycles. The van der Waals surface area contributed by atoms with Crippen LogP contribution in [0.25, 0.3) is 0 Å². The molecule has 2 aromatic carbocycles. The molecule has 0 fully saturated rings. The number of carbonyl (C=O) groups is 2. The van der Waals surface area contributed by atoms with E-state index in [4.69, 9.17) is 9.15 Å². The molecule has 1 amide bonds. The first-order valence-corrected chi connectivity index (χ1v) is 10.3. The molecule has 0 aliphatic heterocycles. The molecule has 3 rings (SSSR count). The van der Waals surface area contributed by atoms with Crippen LogP contribution < -0.4 is 5.32 Å². The van der Waals surface area contributed by atoms with Gasteiger partial charge in [-0.05, 0) is 46.7 Å². The average molecular weight is 420 g/mol. The number of amides is 1. The normalized spacial score (nSPS) is 12.3. The SMILES string of the molecule is COC(=O)[C@@H](NC(=O)c1ccc(Cc2cc(C(C)(C)C)ccc2C)o1)c1ccccc1. The van der Waals surface area contributed by atoms with Gasteiger partial charge in [-0.25, -0.2) is 4.79 Å². The first-order chi connectivity index (χ1) is 14.7. The average Bonchev–Trinajstić information content (AvgIpc) is 3.21. The quantitative estimate of drug-likeness (QED) is 0.563. The van der Waals surface area contributed by atoms with E-state index < -0.39 is 17.9 Å². The number of ether oxygens (including phenoxy) is 1. The second-order valence-electron chi connectivity index (χ2n) is 8.67. The number of hydrogen-bond acceptors (Lipinski definition) is 4. The van der Waals surface area contributed by atoms with Gasteiger partial charge < -0.3 is 14.5 Å². The van der Waals surface area contributed by atoms with Crippen LogP contribution in [0.4, 0.5) is 0 Å². The zero-order valence-corrected chi connectivity index (χ0v) is 18.7. The van der Waals surface area contributed by atoms with Crippen molar-refractivity contribution < 1.29 is 18.7 Å². The Morgan fingerprint density at radius 3 is 2.39 bits per heavy atom. The number of furan rings is 1. The van der Waals surface area contributed by atoms with Gasteiger partial charge in [0, 0.05) is 6.42 Å². The molecule has 1 atom stereocenters. The van der Waals surface area contributed by atoms with Gasteiger partial charge in [-0.1, -0.05) is 69.3 Å². The van der Waals surface area contributed by atoms with E-state index in [9.17, 15) is 9.59 Å². The Hall–Kier alpha value is -3.34. The Bertz CT molecular complexity index is 1060. The molecule has 1 heterocycles. The van der Waals surface area contributed by atoms with Gasteiger partial charge in [-0.15, -0.1) is 0 Å². The summed E-state index contributed by atoms with van der Waals surface area (Å²) in [6, 6.07) is 18.0. The summed E-state index contributed by atoms with van der Waals surface area (Å²) in [6.07, 6.45) is 0.585. The van der Waals surface area contributed by atoms with Crippen LogP contribution in [0.5, 0.6) is 0 Å². The third-order valence-corrected chi connectivity index (χ3v) is 5.31. The molecule has 0 unspecified atom stereocenters. The Morgan fingerprint density at radius 2 is 1.74 bits per heavy atom. The van der Waals surface area contributed by atoms with Crippen molar-refractivity contribution in [1.29, 1.82) is 0 Å². The monoisotopic (exact) mass is 419 g/mol. The van der Waals surface area contributed by atoms with Crippen molar-refractivity contribution in [3.8, 4) is 0 Å². The zero-order chi connectivity index (χ0) is 22.6. The van der Waals surface area contributed by atoms with E-state index in [0.29, 0.717) is 17.7 Å². The van der Waals surface area contributed by atoms with Gasteiger partial charge in [0.05, 0.1) is 7.11 Å². The topological polar surface area (TPSA) is 68.5 Å². The summed E-state index contributed by atoms with van der Waals surface area (Å²) in [5, 5.41) is 2.71. The first kappa shape index (κ1) is 22.3. The molecule has 1 aromatic heterocycles. The molecule has 1 N–H and O–H groups in total. The number of benzene rings is 2. The summed E-state index contributed by atoms with van der Waals surface area (Å²) in [7, 11) is 1.30. The van der Waals surface area contributed by atoms with E-state index in [0.717, 1.165) is 5.56 Å². The maximum absolute atomic E-state index is 12.8. The number of carbonyl (C=O) groups excluding carboxylic acids is 2. The lowest BCUT2D eigenvalue weighted by Gasteiger charge is -2.20. The van der Waals surface area contributed by atoms with E-state index in [-0.39, 0.29) is 11.2 Å². The highest BCUT2D eigenvalue weighted by Gasteiger charge is 2.25. The smallest absolute Gasteiger partial charge is 0.333 e. The van der Waals surface area contributed by atoms with Crippen LogP contribution in [0.1, 0.15) is 65.4 Å². The lowest BCUT2D eigenvalue weighted by molar-refractivity contribution is -0.143. The molecule has 0 bridgehead atoms. The standard InChI is InChI=1S/C26H29NO4/c1-17-11-12-20(26(2,3)4)15-19(17)16-21-13-14-22(31-21)24(28)27-23(25(29)30-5)18-9-7-6-8-10-18/h6-15,23H,16H2,1-5H3,(H,27,28)/t23-/m0/s1. The summed E-state index contributed by atoms with van der Waals surface area (Å²) in [4.78, 5) is 25.0. The predicted molar refractivity (Wildman–Crippen MR) is 120 cm³/mol. The molecular weight excluding hydrogens is 390 g/mol. The van der Waals surface area contributed by atoms with E-state index in [1.54, 1.807) is 36.4 Å². The first-order valence-electron chi connectivity index (χ1n) is 10.3. The predicted octanol–water partition coefficient (Wildman–Crippen LogP) is 5.12. The van der Waals surface area contributed by atoms with Crippen LogP contribution in [0, 0.1) is 6.92 Å². The van der Waals surface area contributed by atoms with E-state index in [1.165, 1.54) is 18.2 Å². The van der Waals surface area contributed by atoms with Crippen molar-refractivity contribution in [3.05, 3.63) is 94.4 Å². The van der Waals surface area contributed by atoms with Gasteiger partial charge in [0.1, 0.15) is 5.76 Å². The van der Waals surface area contributed by atoms with Gasteiger partial charge in [-0.3, -0.25) is 4.79 Å². The van der Waals surface area contributed by atoms with Crippen LogP contribution in [0.3, 0.4) is 0 Å². The van der Waals surface area contributed by atoms with Crippen LogP contribution in [0.15, 0.2) is 65.1 Å². The van der Waals surface area contributed by atoms with Gasteiger partial charge in [-0.2, -0.15) is 0 Å². The maximum Gasteiger partial charge on any atom is 0.333 e. The largest absolute Gasteiger partial charge is 0.467 e. The number of aryl methyl sites for hydroxylation is 1. The summed E-state index contributed by atoms with van der Waals surface area (Å²) >= 11 is 0. The van der Waals surface area contributed by atoms with Crippen LogP contribution in [-0.2, 0) is 21.4 Å². The molecule has 0 spiro atoms. The summed E-state index contributed by atoms with van der Waals surface area (Å²) < 4.78 is 10.7. The number of rotatable bonds is 6. The summed E-state index contributed by atoms with van der Waals surface area (Å²) in [5.74, 6) is -0.162. The minimum Gasteiger partial charge on any atom is -0.467 e. The highest BCUT2D eigenvalue weighted by atomic mass is 16.5. The van der Waals surface area contributed by atoms with E-state index in [2.05, 4.69) is 51.2 Å². The van der Waals surface area contributed by atoms with Crippen molar-refractivity contribution in [2.75, 3.05) is 7.11 Å². The van der Waals surface area contributed by atoms with Gasteiger partial charge in [0.2, 0.25) is 0 Å². The highest BCUT2D eigenvalue weighted by molar-refractivity contribution is 5.94. The fraction of sp³-hybridized carbons (Fsp3) is 0.308. The molecule has 0 aliphatic rings. The van der Waals surface area contributed by atoms with Crippen molar-refractivity contribution in [3.63, 3.8) is 0 Å². The van der Waals surface area contributed by atoms with Gasteiger partial charge in [0.25, 0.3) is 5.91 Å². The molecular formula is C26H29NO4. The minimum absolute atomic E-state index is 0.0526. The maximum atomic E-state index is 12.8. The molecule has 31 heavy (non-hydrogen) atoms. The van der Waals surface area contributed by atoms with E-state index in [1.807, 2.05) is 6.07 Å². The molecule has 3 aromatic rings. The molecule has 5 nitrogen and oxygen atoms in total. The van der Waals surface area contributed by atoms with Crippen molar-refractivity contribution in [2.45, 2.75) is 45.6 Å². The lowest BCUT2D eigenvalue weighted by Crippen LogP contribution is -2.34. The van der Waals surface area contributed by atoms with Crippen LogP contribution >= 0.6 is 0 Å². The molecule has 162 valence electrons. The fourth-order valence-corrected chi connectivity index (χ4v) is 3.35. The fourth-order valence-electron chi connectivity index (χ4n) is 3.35. The highest BCUT2D eigenvalue weighted by Crippen LogP contribution is 2.26. The number of methoxy groups -OCH3 is 1. The van der Waals surface area contributed by atoms with Gasteiger partial charge in [0.15, 0.2) is 11.8 Å².